The number of ether oxygens (including phenoxy) is 1. The van der Waals surface area contributed by atoms with Crippen molar-refractivity contribution in [3.05, 3.63) is 29.8 Å². The SMILES string of the molecule is Cc1cccc(OCCNC(=O)C2CCCC2N)c1.Cl. The Labute approximate surface area is 126 Å². The Morgan fingerprint density at radius 2 is 2.25 bits per heavy atom. The molecule has 4 nitrogen and oxygen atoms in total. The molecule has 1 saturated carbocycles. The minimum Gasteiger partial charge on any atom is -0.492 e. The summed E-state index contributed by atoms with van der Waals surface area (Å²) in [5, 5.41) is 2.90. The minimum absolute atomic E-state index is 0. The predicted octanol–water partition coefficient (Wildman–Crippen LogP) is 2.04. The number of carbonyl (C=O) groups excluding carboxylic acids is 1. The Kier molecular flexibility index (Phi) is 6.82. The van der Waals surface area contributed by atoms with Gasteiger partial charge in [-0.1, -0.05) is 18.6 Å². The predicted molar refractivity (Wildman–Crippen MR) is 82.2 cm³/mol. The molecule has 112 valence electrons. The van der Waals surface area contributed by atoms with Crippen LogP contribution in [0.3, 0.4) is 0 Å². The largest absolute Gasteiger partial charge is 0.492 e. The molecule has 1 aliphatic rings. The highest BCUT2D eigenvalue weighted by Crippen LogP contribution is 2.23. The molecule has 0 bridgehead atoms. The zero-order chi connectivity index (χ0) is 13.7. The lowest BCUT2D eigenvalue weighted by molar-refractivity contribution is -0.125. The van der Waals surface area contributed by atoms with Gasteiger partial charge in [-0.2, -0.15) is 0 Å². The standard InChI is InChI=1S/C15H22N2O2.ClH/c1-11-4-2-5-12(10-11)19-9-8-17-15(18)13-6-3-7-14(13)16;/h2,4-5,10,13-14H,3,6-9,16H2,1H3,(H,17,18);1H. The number of amides is 1. The van der Waals surface area contributed by atoms with E-state index in [1.807, 2.05) is 31.2 Å². The summed E-state index contributed by atoms with van der Waals surface area (Å²) in [6.45, 7) is 3.03. The molecule has 1 amide bonds. The highest BCUT2D eigenvalue weighted by Gasteiger charge is 2.29. The molecule has 2 unspecified atom stereocenters. The summed E-state index contributed by atoms with van der Waals surface area (Å²) in [4.78, 5) is 11.9. The Balaban J connectivity index is 0.00000200. The molecule has 1 aromatic carbocycles. The Hall–Kier alpha value is -1.26. The summed E-state index contributed by atoms with van der Waals surface area (Å²) in [7, 11) is 0. The molecule has 0 heterocycles. The zero-order valence-corrected chi connectivity index (χ0v) is 12.6. The number of halogens is 1. The van der Waals surface area contributed by atoms with Crippen molar-refractivity contribution in [2.24, 2.45) is 11.7 Å². The Bertz CT molecular complexity index is 440. The van der Waals surface area contributed by atoms with Crippen LogP contribution in [0.25, 0.3) is 0 Å². The normalized spacial score (nSPS) is 21.1. The monoisotopic (exact) mass is 298 g/mol. The van der Waals surface area contributed by atoms with Crippen molar-refractivity contribution in [1.82, 2.24) is 5.32 Å². The van der Waals surface area contributed by atoms with Crippen LogP contribution in [-0.2, 0) is 4.79 Å². The summed E-state index contributed by atoms with van der Waals surface area (Å²) in [5.41, 5.74) is 7.06. The lowest BCUT2D eigenvalue weighted by atomic mass is 10.0. The van der Waals surface area contributed by atoms with Gasteiger partial charge in [0, 0.05) is 6.04 Å². The van der Waals surface area contributed by atoms with Gasteiger partial charge in [-0.15, -0.1) is 12.4 Å². The highest BCUT2D eigenvalue weighted by molar-refractivity contribution is 5.85. The molecule has 20 heavy (non-hydrogen) atoms. The molecular formula is C15H23ClN2O2. The summed E-state index contributed by atoms with van der Waals surface area (Å²) in [6.07, 6.45) is 2.92. The van der Waals surface area contributed by atoms with E-state index in [2.05, 4.69) is 5.32 Å². The van der Waals surface area contributed by atoms with Crippen molar-refractivity contribution in [3.63, 3.8) is 0 Å². The number of rotatable bonds is 5. The molecule has 0 radical (unpaired) electrons. The second-order valence-corrected chi connectivity index (χ2v) is 5.16. The molecule has 1 fully saturated rings. The van der Waals surface area contributed by atoms with Crippen LogP contribution in [-0.4, -0.2) is 25.1 Å². The maximum absolute atomic E-state index is 11.9. The van der Waals surface area contributed by atoms with E-state index in [-0.39, 0.29) is 30.3 Å². The van der Waals surface area contributed by atoms with Crippen LogP contribution < -0.4 is 15.8 Å². The first-order valence-corrected chi connectivity index (χ1v) is 6.89. The first-order valence-electron chi connectivity index (χ1n) is 6.89. The molecule has 1 aliphatic carbocycles. The third kappa shape index (κ3) is 4.69. The first kappa shape index (κ1) is 16.8. The van der Waals surface area contributed by atoms with Gasteiger partial charge in [0.25, 0.3) is 0 Å². The van der Waals surface area contributed by atoms with Crippen molar-refractivity contribution in [2.75, 3.05) is 13.2 Å². The molecule has 0 aromatic heterocycles. The lowest BCUT2D eigenvalue weighted by Gasteiger charge is -2.15. The smallest absolute Gasteiger partial charge is 0.224 e. The second-order valence-electron chi connectivity index (χ2n) is 5.16. The maximum atomic E-state index is 11.9. The number of hydrogen-bond donors (Lipinski definition) is 2. The number of nitrogens with two attached hydrogens (primary N) is 1. The molecule has 3 N–H and O–H groups in total. The first-order chi connectivity index (χ1) is 9.16. The fourth-order valence-corrected chi connectivity index (χ4v) is 2.49. The molecule has 0 aliphatic heterocycles. The van der Waals surface area contributed by atoms with Crippen molar-refractivity contribution in [3.8, 4) is 5.75 Å². The number of nitrogens with one attached hydrogen (secondary N) is 1. The number of carbonyl (C=O) groups is 1. The van der Waals surface area contributed by atoms with Crippen molar-refractivity contribution in [2.45, 2.75) is 32.2 Å². The van der Waals surface area contributed by atoms with E-state index in [1.54, 1.807) is 0 Å². The quantitative estimate of drug-likeness (QED) is 0.818. The van der Waals surface area contributed by atoms with Gasteiger partial charge >= 0.3 is 0 Å². The van der Waals surface area contributed by atoms with Crippen LogP contribution in [0.15, 0.2) is 24.3 Å². The van der Waals surface area contributed by atoms with Crippen molar-refractivity contribution >= 4 is 18.3 Å². The van der Waals surface area contributed by atoms with Gasteiger partial charge in [0.05, 0.1) is 12.5 Å². The van der Waals surface area contributed by atoms with E-state index in [0.717, 1.165) is 25.0 Å². The van der Waals surface area contributed by atoms with Gasteiger partial charge < -0.3 is 15.8 Å². The summed E-state index contributed by atoms with van der Waals surface area (Å²) in [6, 6.07) is 7.91. The van der Waals surface area contributed by atoms with E-state index >= 15 is 0 Å². The molecule has 1 aromatic rings. The molecule has 0 saturated heterocycles. The zero-order valence-electron chi connectivity index (χ0n) is 11.8. The Morgan fingerprint density at radius 3 is 2.90 bits per heavy atom. The number of benzene rings is 1. The number of aryl methyl sites for hydroxylation is 1. The molecule has 5 heteroatoms. The second kappa shape index (κ2) is 8.12. The topological polar surface area (TPSA) is 64.3 Å². The van der Waals surface area contributed by atoms with Gasteiger partial charge in [0.2, 0.25) is 5.91 Å². The van der Waals surface area contributed by atoms with Crippen LogP contribution >= 0.6 is 12.4 Å². The molecular weight excluding hydrogens is 276 g/mol. The van der Waals surface area contributed by atoms with Crippen molar-refractivity contribution in [1.29, 1.82) is 0 Å². The van der Waals surface area contributed by atoms with E-state index in [0.29, 0.717) is 13.2 Å². The van der Waals surface area contributed by atoms with Gasteiger partial charge in [-0.25, -0.2) is 0 Å². The van der Waals surface area contributed by atoms with E-state index < -0.39 is 0 Å². The summed E-state index contributed by atoms with van der Waals surface area (Å²) < 4.78 is 5.58. The lowest BCUT2D eigenvalue weighted by Crippen LogP contribution is -2.40. The third-order valence-corrected chi connectivity index (χ3v) is 3.57. The maximum Gasteiger partial charge on any atom is 0.224 e. The third-order valence-electron chi connectivity index (χ3n) is 3.57. The minimum atomic E-state index is -0.0148. The van der Waals surface area contributed by atoms with Crippen LogP contribution in [0.5, 0.6) is 5.75 Å². The molecule has 0 spiro atoms. The molecule has 2 atom stereocenters. The Morgan fingerprint density at radius 1 is 1.45 bits per heavy atom. The van der Waals surface area contributed by atoms with Crippen LogP contribution in [0.2, 0.25) is 0 Å². The fraction of sp³-hybridized carbons (Fsp3) is 0.533. The highest BCUT2D eigenvalue weighted by atomic mass is 35.5. The van der Waals surface area contributed by atoms with Gasteiger partial charge in [0.1, 0.15) is 12.4 Å². The summed E-state index contributed by atoms with van der Waals surface area (Å²) in [5.74, 6) is 0.892. The van der Waals surface area contributed by atoms with Crippen LogP contribution in [0.1, 0.15) is 24.8 Å². The van der Waals surface area contributed by atoms with Gasteiger partial charge in [-0.3, -0.25) is 4.79 Å². The van der Waals surface area contributed by atoms with E-state index in [4.69, 9.17) is 10.5 Å². The van der Waals surface area contributed by atoms with Crippen molar-refractivity contribution < 1.29 is 9.53 Å². The fourth-order valence-electron chi connectivity index (χ4n) is 2.49. The molecule has 2 rings (SSSR count). The average Bonchev–Trinajstić information content (AvgIpc) is 2.81. The van der Waals surface area contributed by atoms with E-state index in [9.17, 15) is 4.79 Å². The van der Waals surface area contributed by atoms with Crippen LogP contribution in [0.4, 0.5) is 0 Å². The average molecular weight is 299 g/mol. The van der Waals surface area contributed by atoms with E-state index in [1.165, 1.54) is 5.56 Å². The van der Waals surface area contributed by atoms with Gasteiger partial charge in [-0.05, 0) is 37.5 Å². The van der Waals surface area contributed by atoms with Crippen LogP contribution in [0, 0.1) is 12.8 Å². The number of hydrogen-bond acceptors (Lipinski definition) is 3. The van der Waals surface area contributed by atoms with Gasteiger partial charge in [0.15, 0.2) is 0 Å². The summed E-state index contributed by atoms with van der Waals surface area (Å²) >= 11 is 0.